The minimum absolute atomic E-state index is 0.0201. The number of nitrogens with zero attached hydrogens (tertiary/aromatic N) is 2. The summed E-state index contributed by atoms with van der Waals surface area (Å²) in [6, 6.07) is 0.561. The number of ether oxygens (including phenoxy) is 2. The van der Waals surface area contributed by atoms with Gasteiger partial charge in [-0.3, -0.25) is 0 Å². The SMILES string of the molecule is COC(=O)[C@H](CNc1nccc(Cl)n1)NC(=O)OC(C)(C)C. The van der Waals surface area contributed by atoms with Crippen LogP contribution in [0.5, 0.6) is 0 Å². The van der Waals surface area contributed by atoms with Crippen molar-refractivity contribution >= 4 is 29.6 Å². The molecule has 0 aliphatic heterocycles. The number of amides is 1. The second-order valence-corrected chi connectivity index (χ2v) is 5.69. The average molecular weight is 331 g/mol. The van der Waals surface area contributed by atoms with Gasteiger partial charge >= 0.3 is 12.1 Å². The summed E-state index contributed by atoms with van der Waals surface area (Å²) in [5.41, 5.74) is -0.672. The van der Waals surface area contributed by atoms with Crippen molar-refractivity contribution in [2.24, 2.45) is 0 Å². The first-order valence-corrected chi connectivity index (χ1v) is 6.89. The molecule has 1 aromatic heterocycles. The highest BCUT2D eigenvalue weighted by Crippen LogP contribution is 2.08. The number of nitrogens with one attached hydrogen (secondary N) is 2. The number of anilines is 1. The van der Waals surface area contributed by atoms with Gasteiger partial charge in [0.15, 0.2) is 0 Å². The van der Waals surface area contributed by atoms with Crippen molar-refractivity contribution in [3.8, 4) is 0 Å². The molecule has 0 fully saturated rings. The lowest BCUT2D eigenvalue weighted by molar-refractivity contribution is -0.142. The monoisotopic (exact) mass is 330 g/mol. The Morgan fingerprint density at radius 1 is 1.41 bits per heavy atom. The standard InChI is InChI=1S/C13H19ClN4O4/c1-13(2,3)22-12(20)17-8(10(19)21-4)7-16-11-15-6-5-9(14)18-11/h5-6,8H,7H2,1-4H3,(H,17,20)(H,15,16,18)/t8-/m0/s1. The lowest BCUT2D eigenvalue weighted by Gasteiger charge is -2.22. The number of esters is 1. The van der Waals surface area contributed by atoms with E-state index in [1.54, 1.807) is 20.8 Å². The van der Waals surface area contributed by atoms with Gasteiger partial charge in [-0.2, -0.15) is 0 Å². The number of carbonyl (C=O) groups excluding carboxylic acids is 2. The zero-order chi connectivity index (χ0) is 16.8. The highest BCUT2D eigenvalue weighted by atomic mass is 35.5. The van der Waals surface area contributed by atoms with E-state index in [4.69, 9.17) is 16.3 Å². The number of halogens is 1. The molecule has 0 saturated heterocycles. The third kappa shape index (κ3) is 6.57. The van der Waals surface area contributed by atoms with E-state index in [9.17, 15) is 9.59 Å². The van der Waals surface area contributed by atoms with Crippen molar-refractivity contribution in [3.63, 3.8) is 0 Å². The van der Waals surface area contributed by atoms with E-state index in [0.717, 1.165) is 0 Å². The van der Waals surface area contributed by atoms with Crippen LogP contribution in [0.3, 0.4) is 0 Å². The highest BCUT2D eigenvalue weighted by Gasteiger charge is 2.25. The number of hydrogen-bond acceptors (Lipinski definition) is 7. The predicted octanol–water partition coefficient (Wildman–Crippen LogP) is 1.61. The fourth-order valence-electron chi connectivity index (χ4n) is 1.40. The Bertz CT molecular complexity index is 533. The van der Waals surface area contributed by atoms with Gasteiger partial charge in [-0.05, 0) is 26.8 Å². The van der Waals surface area contributed by atoms with Crippen LogP contribution in [0.25, 0.3) is 0 Å². The number of carbonyl (C=O) groups is 2. The van der Waals surface area contributed by atoms with Crippen LogP contribution < -0.4 is 10.6 Å². The van der Waals surface area contributed by atoms with Gasteiger partial charge < -0.3 is 20.1 Å². The second-order valence-electron chi connectivity index (χ2n) is 5.31. The Morgan fingerprint density at radius 3 is 2.64 bits per heavy atom. The predicted molar refractivity (Wildman–Crippen MR) is 80.7 cm³/mol. The Kier molecular flexibility index (Phi) is 6.36. The molecule has 1 rings (SSSR count). The van der Waals surface area contributed by atoms with Crippen molar-refractivity contribution < 1.29 is 19.1 Å². The molecule has 0 bridgehead atoms. The molecular weight excluding hydrogens is 312 g/mol. The van der Waals surface area contributed by atoms with Gasteiger partial charge in [0.25, 0.3) is 0 Å². The number of alkyl carbamates (subject to hydrolysis) is 1. The molecule has 0 unspecified atom stereocenters. The quantitative estimate of drug-likeness (QED) is 0.624. The molecule has 0 aliphatic rings. The van der Waals surface area contributed by atoms with Crippen molar-refractivity contribution in [2.45, 2.75) is 32.4 Å². The van der Waals surface area contributed by atoms with E-state index in [1.807, 2.05) is 0 Å². The van der Waals surface area contributed by atoms with E-state index >= 15 is 0 Å². The number of rotatable bonds is 5. The molecule has 2 N–H and O–H groups in total. The molecule has 1 heterocycles. The smallest absolute Gasteiger partial charge is 0.408 e. The summed E-state index contributed by atoms with van der Waals surface area (Å²) in [6.45, 7) is 5.18. The van der Waals surface area contributed by atoms with E-state index < -0.39 is 23.7 Å². The summed E-state index contributed by atoms with van der Waals surface area (Å²) in [5, 5.41) is 5.47. The van der Waals surface area contributed by atoms with Crippen LogP contribution in [0, 0.1) is 0 Å². The number of hydrogen-bond donors (Lipinski definition) is 2. The highest BCUT2D eigenvalue weighted by molar-refractivity contribution is 6.29. The summed E-state index contributed by atoms with van der Waals surface area (Å²) in [4.78, 5) is 31.3. The van der Waals surface area contributed by atoms with Gasteiger partial charge in [0, 0.05) is 12.7 Å². The summed E-state index contributed by atoms with van der Waals surface area (Å²) in [5.74, 6) is -0.396. The third-order valence-corrected chi connectivity index (χ3v) is 2.47. The molecule has 9 heteroatoms. The summed E-state index contributed by atoms with van der Waals surface area (Å²) in [6.07, 6.45) is 0.739. The lowest BCUT2D eigenvalue weighted by atomic mass is 10.2. The zero-order valence-corrected chi connectivity index (χ0v) is 13.6. The molecule has 0 saturated carbocycles. The van der Waals surface area contributed by atoms with E-state index in [0.29, 0.717) is 0 Å². The Labute approximate surface area is 133 Å². The Morgan fingerprint density at radius 2 is 2.09 bits per heavy atom. The van der Waals surface area contributed by atoms with E-state index in [-0.39, 0.29) is 17.6 Å². The van der Waals surface area contributed by atoms with Gasteiger partial charge in [-0.25, -0.2) is 19.6 Å². The minimum Gasteiger partial charge on any atom is -0.467 e. The first-order valence-electron chi connectivity index (χ1n) is 6.51. The van der Waals surface area contributed by atoms with Gasteiger partial charge in [0.1, 0.15) is 16.8 Å². The Balaban J connectivity index is 2.65. The van der Waals surface area contributed by atoms with Crippen LogP contribution in [-0.2, 0) is 14.3 Å². The van der Waals surface area contributed by atoms with Crippen molar-refractivity contribution in [1.29, 1.82) is 0 Å². The molecule has 0 radical (unpaired) electrons. The summed E-state index contributed by atoms with van der Waals surface area (Å²) >= 11 is 5.73. The van der Waals surface area contributed by atoms with Gasteiger partial charge in [0.05, 0.1) is 7.11 Å². The van der Waals surface area contributed by atoms with Gasteiger partial charge in [0.2, 0.25) is 5.95 Å². The largest absolute Gasteiger partial charge is 0.467 e. The van der Waals surface area contributed by atoms with Crippen LogP contribution in [0.4, 0.5) is 10.7 Å². The molecule has 0 spiro atoms. The summed E-state index contributed by atoms with van der Waals surface area (Å²) in [7, 11) is 1.22. The van der Waals surface area contributed by atoms with Gasteiger partial charge in [-0.15, -0.1) is 0 Å². The van der Waals surface area contributed by atoms with E-state index in [1.165, 1.54) is 19.4 Å². The summed E-state index contributed by atoms with van der Waals surface area (Å²) < 4.78 is 9.74. The fraction of sp³-hybridized carbons (Fsp3) is 0.538. The molecule has 22 heavy (non-hydrogen) atoms. The molecule has 122 valence electrons. The average Bonchev–Trinajstić information content (AvgIpc) is 2.40. The first-order chi connectivity index (χ1) is 10.2. The van der Waals surface area contributed by atoms with Crippen molar-refractivity contribution in [2.75, 3.05) is 19.0 Å². The van der Waals surface area contributed by atoms with Gasteiger partial charge in [-0.1, -0.05) is 11.6 Å². The molecule has 1 atom stereocenters. The molecule has 0 aromatic carbocycles. The second kappa shape index (κ2) is 7.79. The number of methoxy groups -OCH3 is 1. The third-order valence-electron chi connectivity index (χ3n) is 2.26. The zero-order valence-electron chi connectivity index (χ0n) is 12.8. The van der Waals surface area contributed by atoms with Crippen molar-refractivity contribution in [1.82, 2.24) is 15.3 Å². The van der Waals surface area contributed by atoms with Crippen LogP contribution in [-0.4, -0.2) is 47.3 Å². The fourth-order valence-corrected chi connectivity index (χ4v) is 1.54. The van der Waals surface area contributed by atoms with Crippen LogP contribution in [0.2, 0.25) is 5.15 Å². The molecular formula is C13H19ClN4O4. The topological polar surface area (TPSA) is 102 Å². The molecule has 1 amide bonds. The maximum Gasteiger partial charge on any atom is 0.408 e. The minimum atomic E-state index is -0.956. The van der Waals surface area contributed by atoms with Crippen LogP contribution in [0.1, 0.15) is 20.8 Å². The molecule has 8 nitrogen and oxygen atoms in total. The molecule has 1 aromatic rings. The number of aromatic nitrogens is 2. The van der Waals surface area contributed by atoms with Crippen LogP contribution in [0.15, 0.2) is 12.3 Å². The normalized spacial score (nSPS) is 12.2. The maximum absolute atomic E-state index is 11.7. The van der Waals surface area contributed by atoms with Crippen molar-refractivity contribution in [3.05, 3.63) is 17.4 Å². The van der Waals surface area contributed by atoms with Crippen LogP contribution >= 0.6 is 11.6 Å². The maximum atomic E-state index is 11.7. The Hall–Kier alpha value is -2.09. The lowest BCUT2D eigenvalue weighted by Crippen LogP contribution is -2.47. The van der Waals surface area contributed by atoms with E-state index in [2.05, 4.69) is 25.3 Å². The first kappa shape index (κ1) is 18.0. The molecule has 0 aliphatic carbocycles.